The first-order valence-electron chi connectivity index (χ1n) is 10.0. The average Bonchev–Trinajstić information content (AvgIpc) is 3.12. The third-order valence-electron chi connectivity index (χ3n) is 5.21. The lowest BCUT2D eigenvalue weighted by atomic mass is 10.3. The van der Waals surface area contributed by atoms with E-state index in [1.54, 1.807) is 35.2 Å². The molecule has 4 rings (SSSR count). The first-order chi connectivity index (χ1) is 15.4. The molecule has 9 nitrogen and oxygen atoms in total. The fourth-order valence-corrected chi connectivity index (χ4v) is 5.66. The molecule has 2 heterocycles. The topological polar surface area (TPSA) is 107 Å². The standard InChI is InChI=1S/C21H23N3O6S2/c1-29-18-5-3-2-4-16(18)22-32(27,28)15-6-7-17-19(14-15)31-21(26)24(17)9-8-20(25)23-10-12-30-13-11-23/h2-7,14,22H,8-13H2,1H3. The van der Waals surface area contributed by atoms with Crippen molar-refractivity contribution in [3.8, 4) is 5.75 Å². The van der Waals surface area contributed by atoms with Crippen LogP contribution in [-0.2, 0) is 26.1 Å². The highest BCUT2D eigenvalue weighted by molar-refractivity contribution is 7.92. The summed E-state index contributed by atoms with van der Waals surface area (Å²) in [7, 11) is -2.43. The number of methoxy groups -OCH3 is 1. The second-order valence-electron chi connectivity index (χ2n) is 7.20. The molecule has 2 aromatic carbocycles. The minimum absolute atomic E-state index is 0.0280. The Morgan fingerprint density at radius 3 is 2.69 bits per heavy atom. The molecule has 0 bridgehead atoms. The Kier molecular flexibility index (Phi) is 6.49. The zero-order chi connectivity index (χ0) is 22.7. The van der Waals surface area contributed by atoms with E-state index < -0.39 is 10.0 Å². The zero-order valence-corrected chi connectivity index (χ0v) is 19.1. The molecule has 3 aromatic rings. The first kappa shape index (κ1) is 22.3. The van der Waals surface area contributed by atoms with E-state index in [1.807, 2.05) is 0 Å². The van der Waals surface area contributed by atoms with Crippen LogP contribution in [-0.4, -0.2) is 57.2 Å². The molecule has 1 saturated heterocycles. The summed E-state index contributed by atoms with van der Waals surface area (Å²) >= 11 is 0.956. The van der Waals surface area contributed by atoms with Crippen molar-refractivity contribution in [2.75, 3.05) is 38.1 Å². The SMILES string of the molecule is COc1ccccc1NS(=O)(=O)c1ccc2c(c1)sc(=O)n2CCC(=O)N1CCOCC1. The third kappa shape index (κ3) is 4.64. The molecule has 1 amide bonds. The van der Waals surface area contributed by atoms with Crippen molar-refractivity contribution >= 4 is 43.2 Å². The lowest BCUT2D eigenvalue weighted by molar-refractivity contribution is -0.135. The molecular weight excluding hydrogens is 454 g/mol. The largest absolute Gasteiger partial charge is 0.495 e. The van der Waals surface area contributed by atoms with Crippen LogP contribution in [0.5, 0.6) is 5.75 Å². The predicted octanol–water partition coefficient (Wildman–Crippen LogP) is 2.12. The zero-order valence-electron chi connectivity index (χ0n) is 17.4. The van der Waals surface area contributed by atoms with Gasteiger partial charge in [-0.25, -0.2) is 8.42 Å². The summed E-state index contributed by atoms with van der Waals surface area (Å²) in [5, 5.41) is 0. The number of hydrogen-bond acceptors (Lipinski definition) is 7. The van der Waals surface area contributed by atoms with E-state index in [2.05, 4.69) is 4.72 Å². The molecule has 0 radical (unpaired) electrons. The Morgan fingerprint density at radius 1 is 1.19 bits per heavy atom. The number of benzene rings is 2. The molecular formula is C21H23N3O6S2. The van der Waals surface area contributed by atoms with Crippen LogP contribution < -0.4 is 14.3 Å². The maximum atomic E-state index is 12.9. The van der Waals surface area contributed by atoms with Gasteiger partial charge in [0.1, 0.15) is 5.75 Å². The minimum Gasteiger partial charge on any atom is -0.495 e. The number of rotatable bonds is 7. The Hall–Kier alpha value is -2.89. The Morgan fingerprint density at radius 2 is 1.94 bits per heavy atom. The van der Waals surface area contributed by atoms with Gasteiger partial charge in [-0.15, -0.1) is 0 Å². The van der Waals surface area contributed by atoms with E-state index in [0.29, 0.717) is 48.0 Å². The van der Waals surface area contributed by atoms with Gasteiger partial charge in [-0.1, -0.05) is 23.5 Å². The smallest absolute Gasteiger partial charge is 0.308 e. The quantitative estimate of drug-likeness (QED) is 0.559. The van der Waals surface area contributed by atoms with Gasteiger partial charge in [-0.05, 0) is 30.3 Å². The van der Waals surface area contributed by atoms with Crippen LogP contribution in [0.2, 0.25) is 0 Å². The van der Waals surface area contributed by atoms with Gasteiger partial charge < -0.3 is 14.4 Å². The average molecular weight is 478 g/mol. The summed E-state index contributed by atoms with van der Waals surface area (Å²) in [5.74, 6) is 0.373. The van der Waals surface area contributed by atoms with Gasteiger partial charge in [0, 0.05) is 26.1 Å². The van der Waals surface area contributed by atoms with E-state index in [0.717, 1.165) is 11.3 Å². The Bertz CT molecular complexity index is 1290. The summed E-state index contributed by atoms with van der Waals surface area (Å²) in [6.07, 6.45) is 0.196. The van der Waals surface area contributed by atoms with Crippen molar-refractivity contribution in [1.82, 2.24) is 9.47 Å². The molecule has 32 heavy (non-hydrogen) atoms. The highest BCUT2D eigenvalue weighted by Gasteiger charge is 2.20. The van der Waals surface area contributed by atoms with E-state index in [1.165, 1.54) is 23.8 Å². The normalized spacial score (nSPS) is 14.5. The van der Waals surface area contributed by atoms with E-state index in [4.69, 9.17) is 9.47 Å². The number of nitrogens with zero attached hydrogens (tertiary/aromatic N) is 2. The van der Waals surface area contributed by atoms with Crippen molar-refractivity contribution in [2.24, 2.45) is 0 Å². The number of thiazole rings is 1. The molecule has 0 unspecified atom stereocenters. The highest BCUT2D eigenvalue weighted by Crippen LogP contribution is 2.28. The van der Waals surface area contributed by atoms with Gasteiger partial charge in [0.2, 0.25) is 5.91 Å². The second kappa shape index (κ2) is 9.31. The van der Waals surface area contributed by atoms with Crippen LogP contribution in [0.15, 0.2) is 52.2 Å². The van der Waals surface area contributed by atoms with Crippen LogP contribution in [0, 0.1) is 0 Å². The minimum atomic E-state index is -3.89. The van der Waals surface area contributed by atoms with Gasteiger partial charge in [-0.2, -0.15) is 0 Å². The molecule has 11 heteroatoms. The molecule has 0 saturated carbocycles. The van der Waals surface area contributed by atoms with Crippen molar-refractivity contribution < 1.29 is 22.7 Å². The molecule has 1 aliphatic rings. The number of aromatic nitrogens is 1. The van der Waals surface area contributed by atoms with Crippen molar-refractivity contribution in [1.29, 1.82) is 0 Å². The fraction of sp³-hybridized carbons (Fsp3) is 0.333. The highest BCUT2D eigenvalue weighted by atomic mass is 32.2. The number of nitrogens with one attached hydrogen (secondary N) is 1. The summed E-state index contributed by atoms with van der Waals surface area (Å²) in [6.45, 7) is 2.39. The maximum absolute atomic E-state index is 12.9. The third-order valence-corrected chi connectivity index (χ3v) is 7.52. The summed E-state index contributed by atoms with van der Waals surface area (Å²) < 4.78 is 40.8. The number of hydrogen-bond donors (Lipinski definition) is 1. The summed E-state index contributed by atoms with van der Waals surface area (Å²) in [4.78, 5) is 26.5. The molecule has 1 aliphatic heterocycles. The number of ether oxygens (including phenoxy) is 2. The van der Waals surface area contributed by atoms with Crippen LogP contribution in [0.3, 0.4) is 0 Å². The second-order valence-corrected chi connectivity index (χ2v) is 9.87. The molecule has 1 N–H and O–H groups in total. The molecule has 0 spiro atoms. The number of aryl methyl sites for hydroxylation is 1. The van der Waals surface area contributed by atoms with Crippen molar-refractivity contribution in [2.45, 2.75) is 17.9 Å². The van der Waals surface area contributed by atoms with Crippen LogP contribution in [0.1, 0.15) is 6.42 Å². The van der Waals surface area contributed by atoms with Crippen molar-refractivity contribution in [3.63, 3.8) is 0 Å². The molecule has 0 atom stereocenters. The molecule has 0 aliphatic carbocycles. The number of fused-ring (bicyclic) bond motifs is 1. The lowest BCUT2D eigenvalue weighted by Gasteiger charge is -2.26. The van der Waals surface area contributed by atoms with Gasteiger partial charge in [-0.3, -0.25) is 18.9 Å². The van der Waals surface area contributed by atoms with Crippen molar-refractivity contribution in [3.05, 3.63) is 52.1 Å². The van der Waals surface area contributed by atoms with E-state index in [9.17, 15) is 18.0 Å². The number of carbonyl (C=O) groups is 1. The predicted molar refractivity (Wildman–Crippen MR) is 122 cm³/mol. The van der Waals surface area contributed by atoms with E-state index >= 15 is 0 Å². The maximum Gasteiger partial charge on any atom is 0.308 e. The summed E-state index contributed by atoms with van der Waals surface area (Å²) in [5.41, 5.74) is 0.925. The van der Waals surface area contributed by atoms with Gasteiger partial charge in [0.15, 0.2) is 0 Å². The van der Waals surface area contributed by atoms with Crippen LogP contribution >= 0.6 is 11.3 Å². The number of amides is 1. The molecule has 1 fully saturated rings. The number of morpholine rings is 1. The van der Waals surface area contributed by atoms with E-state index in [-0.39, 0.29) is 28.6 Å². The number of sulfonamides is 1. The number of carbonyl (C=O) groups excluding carboxylic acids is 1. The Labute approximate surface area is 189 Å². The fourth-order valence-electron chi connectivity index (χ4n) is 3.54. The van der Waals surface area contributed by atoms with Gasteiger partial charge >= 0.3 is 4.87 Å². The van der Waals surface area contributed by atoms with Crippen LogP contribution in [0.25, 0.3) is 10.2 Å². The monoisotopic (exact) mass is 477 g/mol. The molecule has 170 valence electrons. The van der Waals surface area contributed by atoms with Gasteiger partial charge in [0.25, 0.3) is 10.0 Å². The number of para-hydroxylation sites is 2. The lowest BCUT2D eigenvalue weighted by Crippen LogP contribution is -2.41. The number of anilines is 1. The van der Waals surface area contributed by atoms with Gasteiger partial charge in [0.05, 0.1) is 41.1 Å². The first-order valence-corrected chi connectivity index (χ1v) is 12.3. The summed E-state index contributed by atoms with van der Waals surface area (Å²) in [6, 6.07) is 11.2. The Balaban J connectivity index is 1.55. The van der Waals surface area contributed by atoms with Crippen LogP contribution in [0.4, 0.5) is 5.69 Å². The molecule has 1 aromatic heterocycles.